The van der Waals surface area contributed by atoms with Crippen LogP contribution in [0.5, 0.6) is 0 Å². The normalized spacial score (nSPS) is 19.1. The first-order valence-electron chi connectivity index (χ1n) is 10.8. The van der Waals surface area contributed by atoms with Gasteiger partial charge in [0.2, 0.25) is 0 Å². The maximum atomic E-state index is 13.1. The Kier molecular flexibility index (Phi) is 5.23. The fourth-order valence-electron chi connectivity index (χ4n) is 4.65. The predicted octanol–water partition coefficient (Wildman–Crippen LogP) is 2.18. The molecule has 1 amide bonds. The van der Waals surface area contributed by atoms with Gasteiger partial charge in [-0.3, -0.25) is 9.78 Å². The van der Waals surface area contributed by atoms with Gasteiger partial charge in [0, 0.05) is 39.4 Å². The van der Waals surface area contributed by atoms with Crippen molar-refractivity contribution in [3.63, 3.8) is 0 Å². The lowest BCUT2D eigenvalue weighted by Crippen LogP contribution is -2.46. The molecule has 1 unspecified atom stereocenters. The minimum absolute atomic E-state index is 0.0742. The van der Waals surface area contributed by atoms with E-state index in [4.69, 9.17) is 4.98 Å². The van der Waals surface area contributed by atoms with Gasteiger partial charge in [0.05, 0.1) is 29.4 Å². The number of hydrogen-bond acceptors (Lipinski definition) is 5. The van der Waals surface area contributed by atoms with Crippen molar-refractivity contribution in [1.29, 1.82) is 0 Å². The number of nitrogens with one attached hydrogen (secondary N) is 2. The summed E-state index contributed by atoms with van der Waals surface area (Å²) in [4.78, 5) is 24.5. The van der Waals surface area contributed by atoms with Crippen LogP contribution in [0.15, 0.2) is 36.5 Å². The zero-order chi connectivity index (χ0) is 20.5. The molecule has 2 N–H and O–H groups in total. The van der Waals surface area contributed by atoms with E-state index in [1.54, 1.807) is 0 Å². The van der Waals surface area contributed by atoms with E-state index in [1.165, 1.54) is 12.0 Å². The Morgan fingerprint density at radius 3 is 2.97 bits per heavy atom. The summed E-state index contributed by atoms with van der Waals surface area (Å²) in [5.41, 5.74) is 4.99. The van der Waals surface area contributed by atoms with Crippen LogP contribution in [0.25, 0.3) is 11.0 Å². The minimum Gasteiger partial charge on any atom is -0.336 e. The third-order valence-corrected chi connectivity index (χ3v) is 6.34. The third-order valence-electron chi connectivity index (χ3n) is 6.34. The summed E-state index contributed by atoms with van der Waals surface area (Å²) in [7, 11) is 2.03. The summed E-state index contributed by atoms with van der Waals surface area (Å²) in [5.74, 6) is 1.01. The van der Waals surface area contributed by atoms with Crippen LogP contribution in [0.2, 0.25) is 0 Å². The average Bonchev–Trinajstić information content (AvgIpc) is 3.13. The molecule has 3 heterocycles. The summed E-state index contributed by atoms with van der Waals surface area (Å²) in [6, 6.07) is 10.3. The molecule has 7 heteroatoms. The summed E-state index contributed by atoms with van der Waals surface area (Å²) in [6.45, 7) is 3.81. The number of hydrogen-bond donors (Lipinski definition) is 2. The van der Waals surface area contributed by atoms with Crippen LogP contribution in [-0.2, 0) is 20.0 Å². The molecule has 7 nitrogen and oxygen atoms in total. The Labute approximate surface area is 176 Å². The lowest BCUT2D eigenvalue weighted by molar-refractivity contribution is 0.0737. The summed E-state index contributed by atoms with van der Waals surface area (Å²) in [5, 5.41) is 6.96. The van der Waals surface area contributed by atoms with Crippen molar-refractivity contribution in [3.8, 4) is 0 Å². The van der Waals surface area contributed by atoms with Crippen LogP contribution in [0.1, 0.15) is 46.3 Å². The Morgan fingerprint density at radius 1 is 1.23 bits per heavy atom. The Morgan fingerprint density at radius 2 is 2.10 bits per heavy atom. The van der Waals surface area contributed by atoms with Gasteiger partial charge < -0.3 is 20.1 Å². The Bertz CT molecular complexity index is 1070. The van der Waals surface area contributed by atoms with E-state index in [-0.39, 0.29) is 11.9 Å². The number of piperazine rings is 1. The van der Waals surface area contributed by atoms with Gasteiger partial charge in [0.1, 0.15) is 11.3 Å². The maximum Gasteiger partial charge on any atom is 0.256 e. The summed E-state index contributed by atoms with van der Waals surface area (Å²) in [6.07, 6.45) is 5.23. The van der Waals surface area contributed by atoms with E-state index in [0.717, 1.165) is 61.6 Å². The SMILES string of the molecule is Cn1c(CNC2CCCc3cccnc32)nc2c(C(=O)N3CCNCC3)cccc21. The van der Waals surface area contributed by atoms with Gasteiger partial charge in [0.25, 0.3) is 5.91 Å². The number of amides is 1. The number of aryl methyl sites for hydroxylation is 2. The number of carbonyl (C=O) groups is 1. The molecule has 1 fully saturated rings. The molecule has 1 aliphatic carbocycles. The van der Waals surface area contributed by atoms with Crippen molar-refractivity contribution in [2.24, 2.45) is 7.05 Å². The molecular formula is C23H28N6O. The predicted molar refractivity (Wildman–Crippen MR) is 116 cm³/mol. The number of benzene rings is 1. The van der Waals surface area contributed by atoms with Gasteiger partial charge in [0.15, 0.2) is 0 Å². The fraction of sp³-hybridized carbons (Fsp3) is 0.435. The van der Waals surface area contributed by atoms with Gasteiger partial charge >= 0.3 is 0 Å². The van der Waals surface area contributed by atoms with Crippen molar-refractivity contribution < 1.29 is 4.79 Å². The molecule has 1 aromatic carbocycles. The molecule has 1 atom stereocenters. The second-order valence-corrected chi connectivity index (χ2v) is 8.18. The highest BCUT2D eigenvalue weighted by molar-refractivity contribution is 6.05. The lowest BCUT2D eigenvalue weighted by atomic mass is 9.92. The van der Waals surface area contributed by atoms with Crippen LogP contribution < -0.4 is 10.6 Å². The van der Waals surface area contributed by atoms with Gasteiger partial charge in [-0.1, -0.05) is 12.1 Å². The number of imidazole rings is 1. The molecule has 2 aromatic heterocycles. The van der Waals surface area contributed by atoms with E-state index in [9.17, 15) is 4.79 Å². The molecule has 1 aliphatic heterocycles. The molecule has 156 valence electrons. The highest BCUT2D eigenvalue weighted by Gasteiger charge is 2.24. The van der Waals surface area contributed by atoms with Crippen LogP contribution >= 0.6 is 0 Å². The molecule has 5 rings (SSSR count). The van der Waals surface area contributed by atoms with E-state index in [0.29, 0.717) is 12.1 Å². The monoisotopic (exact) mass is 404 g/mol. The zero-order valence-corrected chi connectivity index (χ0v) is 17.4. The number of pyridine rings is 1. The van der Waals surface area contributed by atoms with Crippen molar-refractivity contribution in [2.75, 3.05) is 26.2 Å². The van der Waals surface area contributed by atoms with Gasteiger partial charge in [-0.15, -0.1) is 0 Å². The quantitative estimate of drug-likeness (QED) is 0.697. The highest BCUT2D eigenvalue weighted by atomic mass is 16.2. The van der Waals surface area contributed by atoms with Gasteiger partial charge in [-0.25, -0.2) is 4.98 Å². The molecule has 0 saturated carbocycles. The first-order chi connectivity index (χ1) is 14.7. The van der Waals surface area contributed by atoms with Crippen LogP contribution in [0.4, 0.5) is 0 Å². The number of para-hydroxylation sites is 1. The fourth-order valence-corrected chi connectivity index (χ4v) is 4.65. The average molecular weight is 405 g/mol. The largest absolute Gasteiger partial charge is 0.336 e. The molecule has 30 heavy (non-hydrogen) atoms. The molecule has 0 bridgehead atoms. The number of rotatable bonds is 4. The van der Waals surface area contributed by atoms with Crippen molar-refractivity contribution in [2.45, 2.75) is 31.8 Å². The Balaban J connectivity index is 1.40. The topological polar surface area (TPSA) is 75.1 Å². The maximum absolute atomic E-state index is 13.1. The van der Waals surface area contributed by atoms with Crippen LogP contribution in [0, 0.1) is 0 Å². The lowest BCUT2D eigenvalue weighted by Gasteiger charge is -2.27. The molecule has 0 spiro atoms. The number of fused-ring (bicyclic) bond motifs is 2. The zero-order valence-electron chi connectivity index (χ0n) is 17.4. The van der Waals surface area contributed by atoms with E-state index in [1.807, 2.05) is 42.4 Å². The van der Waals surface area contributed by atoms with E-state index < -0.39 is 0 Å². The second kappa shape index (κ2) is 8.16. The molecule has 2 aliphatic rings. The van der Waals surface area contributed by atoms with Crippen molar-refractivity contribution in [3.05, 3.63) is 59.2 Å². The number of aromatic nitrogens is 3. The van der Waals surface area contributed by atoms with Crippen LogP contribution in [-0.4, -0.2) is 51.5 Å². The molecule has 1 saturated heterocycles. The van der Waals surface area contributed by atoms with E-state index in [2.05, 4.69) is 26.3 Å². The smallest absolute Gasteiger partial charge is 0.256 e. The summed E-state index contributed by atoms with van der Waals surface area (Å²) >= 11 is 0. The molecule has 3 aromatic rings. The highest BCUT2D eigenvalue weighted by Crippen LogP contribution is 2.28. The summed E-state index contributed by atoms with van der Waals surface area (Å²) < 4.78 is 2.10. The first kappa shape index (κ1) is 19.2. The van der Waals surface area contributed by atoms with Crippen molar-refractivity contribution >= 4 is 16.9 Å². The minimum atomic E-state index is 0.0742. The van der Waals surface area contributed by atoms with Gasteiger partial charge in [-0.05, 0) is 43.0 Å². The third kappa shape index (κ3) is 3.48. The first-order valence-corrected chi connectivity index (χ1v) is 10.8. The van der Waals surface area contributed by atoms with Crippen LogP contribution in [0.3, 0.4) is 0 Å². The molecule has 0 radical (unpaired) electrons. The number of nitrogens with zero attached hydrogens (tertiary/aromatic N) is 4. The van der Waals surface area contributed by atoms with E-state index >= 15 is 0 Å². The van der Waals surface area contributed by atoms with Crippen molar-refractivity contribution in [1.82, 2.24) is 30.1 Å². The standard InChI is InChI=1S/C23H28N6O/c1-28-19-9-3-7-17(23(30)29-13-11-24-12-14-29)22(19)27-20(28)15-26-18-8-2-5-16-6-4-10-25-21(16)18/h3-4,6-7,9-10,18,24,26H,2,5,8,11-15H2,1H3. The Hall–Kier alpha value is -2.77. The number of carbonyl (C=O) groups excluding carboxylic acids is 1. The second-order valence-electron chi connectivity index (χ2n) is 8.18. The van der Waals surface area contributed by atoms with Gasteiger partial charge in [-0.2, -0.15) is 0 Å². The molecular weight excluding hydrogens is 376 g/mol.